The van der Waals surface area contributed by atoms with Crippen molar-refractivity contribution in [2.75, 3.05) is 26.2 Å². The van der Waals surface area contributed by atoms with E-state index in [9.17, 15) is 4.79 Å². The molecule has 0 aliphatic carbocycles. The van der Waals surface area contributed by atoms with Gasteiger partial charge in [0.2, 0.25) is 11.8 Å². The fraction of sp³-hybridized carbons (Fsp3) is 0.385. The number of rotatable bonds is 6. The molecule has 2 unspecified atom stereocenters. The fourth-order valence-electron chi connectivity index (χ4n) is 5.16. The van der Waals surface area contributed by atoms with Crippen LogP contribution in [-0.2, 0) is 17.6 Å². The van der Waals surface area contributed by atoms with Crippen LogP contribution in [0.5, 0.6) is 0 Å². The maximum Gasteiger partial charge on any atom is 0.228 e. The van der Waals surface area contributed by atoms with Gasteiger partial charge in [0.05, 0.1) is 12.1 Å². The Labute approximate surface area is 195 Å². The van der Waals surface area contributed by atoms with Crippen LogP contribution in [0.3, 0.4) is 0 Å². The smallest absolute Gasteiger partial charge is 0.228 e. The van der Waals surface area contributed by atoms with Gasteiger partial charge in [0.1, 0.15) is 5.76 Å². The third-order valence-corrected chi connectivity index (χ3v) is 7.02. The lowest BCUT2D eigenvalue weighted by Gasteiger charge is -2.28. The van der Waals surface area contributed by atoms with Crippen molar-refractivity contribution in [2.45, 2.75) is 26.2 Å². The number of benzene rings is 2. The molecule has 3 heterocycles. The summed E-state index contributed by atoms with van der Waals surface area (Å²) in [6, 6.07) is 20.5. The predicted molar refractivity (Wildman–Crippen MR) is 128 cm³/mol. The van der Waals surface area contributed by atoms with Gasteiger partial charge in [0.25, 0.3) is 0 Å². The minimum absolute atomic E-state index is 0. The van der Waals surface area contributed by atoms with Gasteiger partial charge in [-0.05, 0) is 43.4 Å². The van der Waals surface area contributed by atoms with E-state index in [-0.39, 0.29) is 23.7 Å². The van der Waals surface area contributed by atoms with E-state index in [2.05, 4.69) is 45.5 Å². The van der Waals surface area contributed by atoms with Gasteiger partial charge in [-0.3, -0.25) is 4.79 Å². The first kappa shape index (κ1) is 22.6. The molecule has 1 N–H and O–H groups in total. The number of aromatic nitrogens is 1. The molecule has 2 atom stereocenters. The zero-order valence-electron chi connectivity index (χ0n) is 18.4. The maximum atomic E-state index is 13.2. The molecule has 0 bridgehead atoms. The average molecular weight is 452 g/mol. The van der Waals surface area contributed by atoms with Crippen molar-refractivity contribution < 1.29 is 9.21 Å². The number of likely N-dealkylation sites (tertiary alicyclic amines) is 1. The standard InChI is InChI=1S/C26H29N3O2.ClH/c1-19-23(28-25(31-19)21-10-6-3-7-11-21)14-24(30)29-16-22-15-27-17-26(22,18-29)13-12-20-8-4-2-5-9-20;/h2-11,22,27H,12-18H2,1H3;1H. The van der Waals surface area contributed by atoms with E-state index in [0.717, 1.165) is 56.0 Å². The highest BCUT2D eigenvalue weighted by molar-refractivity contribution is 5.85. The van der Waals surface area contributed by atoms with Crippen LogP contribution in [0, 0.1) is 18.3 Å². The van der Waals surface area contributed by atoms with E-state index in [1.54, 1.807) is 0 Å². The zero-order chi connectivity index (χ0) is 21.3. The van der Waals surface area contributed by atoms with Crippen molar-refractivity contribution in [3.63, 3.8) is 0 Å². The van der Waals surface area contributed by atoms with Gasteiger partial charge < -0.3 is 14.6 Å². The summed E-state index contributed by atoms with van der Waals surface area (Å²) in [7, 11) is 0. The highest BCUT2D eigenvalue weighted by atomic mass is 35.5. The molecule has 2 aliphatic rings. The van der Waals surface area contributed by atoms with Gasteiger partial charge >= 0.3 is 0 Å². The number of hydrogen-bond acceptors (Lipinski definition) is 4. The molecule has 2 aromatic carbocycles. The number of nitrogens with zero attached hydrogens (tertiary/aromatic N) is 2. The Morgan fingerprint density at radius 1 is 1.16 bits per heavy atom. The number of carbonyl (C=O) groups excluding carboxylic acids is 1. The van der Waals surface area contributed by atoms with Crippen LogP contribution >= 0.6 is 12.4 Å². The van der Waals surface area contributed by atoms with Crippen LogP contribution in [-0.4, -0.2) is 42.0 Å². The fourth-order valence-corrected chi connectivity index (χ4v) is 5.16. The summed E-state index contributed by atoms with van der Waals surface area (Å²) in [6.45, 7) is 5.56. The number of aryl methyl sites for hydroxylation is 2. The minimum atomic E-state index is 0. The monoisotopic (exact) mass is 451 g/mol. The number of carbonyl (C=O) groups is 1. The summed E-state index contributed by atoms with van der Waals surface area (Å²) in [5, 5.41) is 3.58. The van der Waals surface area contributed by atoms with Crippen molar-refractivity contribution in [1.82, 2.24) is 15.2 Å². The molecule has 5 rings (SSSR count). The molecular formula is C26H30ClN3O2. The number of nitrogens with one attached hydrogen (secondary N) is 1. The summed E-state index contributed by atoms with van der Waals surface area (Å²) in [5.74, 6) is 2.00. The van der Waals surface area contributed by atoms with Crippen molar-refractivity contribution >= 4 is 18.3 Å². The second kappa shape index (κ2) is 9.47. The van der Waals surface area contributed by atoms with E-state index in [0.29, 0.717) is 18.2 Å². The molecule has 3 aromatic rings. The molecule has 5 nitrogen and oxygen atoms in total. The summed E-state index contributed by atoms with van der Waals surface area (Å²) < 4.78 is 5.85. The van der Waals surface area contributed by atoms with E-state index in [1.807, 2.05) is 37.3 Å². The van der Waals surface area contributed by atoms with Gasteiger partial charge in [-0.1, -0.05) is 48.5 Å². The summed E-state index contributed by atoms with van der Waals surface area (Å²) in [5.41, 5.74) is 3.24. The molecule has 2 saturated heterocycles. The maximum absolute atomic E-state index is 13.2. The van der Waals surface area contributed by atoms with Crippen molar-refractivity contribution in [3.8, 4) is 11.5 Å². The second-order valence-corrected chi connectivity index (χ2v) is 9.01. The van der Waals surface area contributed by atoms with Gasteiger partial charge in [-0.2, -0.15) is 0 Å². The molecular weight excluding hydrogens is 422 g/mol. The van der Waals surface area contributed by atoms with Gasteiger partial charge in [0.15, 0.2) is 0 Å². The molecule has 32 heavy (non-hydrogen) atoms. The summed E-state index contributed by atoms with van der Waals surface area (Å²) in [6.07, 6.45) is 2.47. The van der Waals surface area contributed by atoms with Gasteiger partial charge in [0, 0.05) is 37.2 Å². The number of amides is 1. The first-order valence-electron chi connectivity index (χ1n) is 11.2. The first-order valence-corrected chi connectivity index (χ1v) is 11.2. The Kier molecular flexibility index (Phi) is 6.68. The predicted octanol–water partition coefficient (Wildman–Crippen LogP) is 4.30. The van der Waals surface area contributed by atoms with Crippen LogP contribution in [0.2, 0.25) is 0 Å². The topological polar surface area (TPSA) is 58.4 Å². The second-order valence-electron chi connectivity index (χ2n) is 9.01. The number of halogens is 1. The number of hydrogen-bond donors (Lipinski definition) is 1. The lowest BCUT2D eigenvalue weighted by atomic mass is 9.76. The van der Waals surface area contributed by atoms with Crippen LogP contribution in [0.15, 0.2) is 65.1 Å². The van der Waals surface area contributed by atoms with Crippen molar-refractivity contribution in [2.24, 2.45) is 11.3 Å². The lowest BCUT2D eigenvalue weighted by molar-refractivity contribution is -0.130. The quantitative estimate of drug-likeness (QED) is 0.607. The highest BCUT2D eigenvalue weighted by Gasteiger charge is 2.50. The zero-order valence-corrected chi connectivity index (χ0v) is 19.2. The molecule has 6 heteroatoms. The van der Waals surface area contributed by atoms with Crippen LogP contribution in [0.1, 0.15) is 23.4 Å². The molecule has 0 spiro atoms. The third-order valence-electron chi connectivity index (χ3n) is 7.02. The largest absolute Gasteiger partial charge is 0.441 e. The average Bonchev–Trinajstić information content (AvgIpc) is 3.46. The molecule has 1 aromatic heterocycles. The van der Waals surface area contributed by atoms with Gasteiger partial charge in [-0.25, -0.2) is 4.98 Å². The van der Waals surface area contributed by atoms with Crippen LogP contribution < -0.4 is 5.32 Å². The Hall–Kier alpha value is -2.63. The minimum Gasteiger partial charge on any atom is -0.441 e. The summed E-state index contributed by atoms with van der Waals surface area (Å²) >= 11 is 0. The van der Waals surface area contributed by atoms with Gasteiger partial charge in [-0.15, -0.1) is 12.4 Å². The molecule has 0 radical (unpaired) electrons. The van der Waals surface area contributed by atoms with Crippen molar-refractivity contribution in [1.29, 1.82) is 0 Å². The lowest BCUT2D eigenvalue weighted by Crippen LogP contribution is -2.36. The van der Waals surface area contributed by atoms with Crippen molar-refractivity contribution in [3.05, 3.63) is 77.7 Å². The van der Waals surface area contributed by atoms with E-state index < -0.39 is 0 Å². The first-order chi connectivity index (χ1) is 15.1. The van der Waals surface area contributed by atoms with E-state index >= 15 is 0 Å². The highest BCUT2D eigenvalue weighted by Crippen LogP contribution is 2.42. The normalized spacial score (nSPS) is 21.9. The summed E-state index contributed by atoms with van der Waals surface area (Å²) in [4.78, 5) is 19.9. The Morgan fingerprint density at radius 2 is 1.88 bits per heavy atom. The molecule has 2 fully saturated rings. The Balaban J connectivity index is 0.00000245. The molecule has 1 amide bonds. The Morgan fingerprint density at radius 3 is 2.62 bits per heavy atom. The number of oxazole rings is 1. The number of fused-ring (bicyclic) bond motifs is 1. The van der Waals surface area contributed by atoms with E-state index in [4.69, 9.17) is 4.42 Å². The van der Waals surface area contributed by atoms with E-state index in [1.165, 1.54) is 5.56 Å². The molecule has 0 saturated carbocycles. The molecule has 2 aliphatic heterocycles. The molecule has 168 valence electrons. The van der Waals surface area contributed by atoms with Crippen LogP contribution in [0.25, 0.3) is 11.5 Å². The SMILES string of the molecule is Cc1oc(-c2ccccc2)nc1CC(=O)N1CC2CNCC2(CCc2ccccc2)C1.Cl. The third kappa shape index (κ3) is 4.45. The van der Waals surface area contributed by atoms with Crippen LogP contribution in [0.4, 0.5) is 0 Å². The Bertz CT molecular complexity index is 1050.